The van der Waals surface area contributed by atoms with Gasteiger partial charge in [0.15, 0.2) is 5.78 Å². The Kier molecular flexibility index (Phi) is 2.55. The first-order valence-corrected chi connectivity index (χ1v) is 5.17. The lowest BCUT2D eigenvalue weighted by atomic mass is 9.77. The van der Waals surface area contributed by atoms with Crippen molar-refractivity contribution in [3.8, 4) is 0 Å². The van der Waals surface area contributed by atoms with Gasteiger partial charge in [0, 0.05) is 5.56 Å². The Morgan fingerprint density at radius 1 is 1.20 bits per heavy atom. The van der Waals surface area contributed by atoms with E-state index in [0.717, 1.165) is 12.0 Å². The maximum absolute atomic E-state index is 12.2. The summed E-state index contributed by atoms with van der Waals surface area (Å²) >= 11 is 0. The predicted octanol–water partition coefficient (Wildman–Crippen LogP) is 3.39. The minimum Gasteiger partial charge on any atom is -0.293 e. The first-order chi connectivity index (χ1) is 7.22. The van der Waals surface area contributed by atoms with Crippen LogP contribution in [0.5, 0.6) is 0 Å². The maximum atomic E-state index is 12.2. The highest BCUT2D eigenvalue weighted by Crippen LogP contribution is 2.31. The fourth-order valence-corrected chi connectivity index (χ4v) is 1.82. The zero-order valence-corrected chi connectivity index (χ0v) is 8.81. The summed E-state index contributed by atoms with van der Waals surface area (Å²) in [5.41, 5.74) is 0.427. The van der Waals surface area contributed by atoms with Gasteiger partial charge in [-0.05, 0) is 13.3 Å². The minimum absolute atomic E-state index is 0.198. The van der Waals surface area contributed by atoms with E-state index in [1.165, 1.54) is 0 Å². The van der Waals surface area contributed by atoms with Gasteiger partial charge >= 0.3 is 0 Å². The number of carbonyl (C=O) groups excluding carboxylic acids is 1. The molecule has 15 heavy (non-hydrogen) atoms. The van der Waals surface area contributed by atoms with Gasteiger partial charge < -0.3 is 0 Å². The van der Waals surface area contributed by atoms with Crippen LogP contribution in [0.3, 0.4) is 0 Å². The number of hydrogen-bond acceptors (Lipinski definition) is 1. The minimum atomic E-state index is -0.365. The van der Waals surface area contributed by atoms with Crippen LogP contribution in [0.15, 0.2) is 54.6 Å². The third kappa shape index (κ3) is 1.91. The molecule has 1 unspecified atom stereocenters. The Balaban J connectivity index is 2.29. The van der Waals surface area contributed by atoms with E-state index in [1.807, 2.05) is 61.6 Å². The lowest BCUT2D eigenvalue weighted by molar-refractivity contribution is 0.0870. The van der Waals surface area contributed by atoms with Crippen molar-refractivity contribution >= 4 is 5.78 Å². The van der Waals surface area contributed by atoms with Crippen LogP contribution in [0.1, 0.15) is 23.7 Å². The maximum Gasteiger partial charge on any atom is 0.172 e. The molecule has 0 fully saturated rings. The summed E-state index contributed by atoms with van der Waals surface area (Å²) in [5.74, 6) is 0.198. The van der Waals surface area contributed by atoms with Gasteiger partial charge in [0.25, 0.3) is 0 Å². The predicted molar refractivity (Wildman–Crippen MR) is 61.8 cm³/mol. The Bertz CT molecular complexity index is 414. The van der Waals surface area contributed by atoms with E-state index in [0.29, 0.717) is 0 Å². The van der Waals surface area contributed by atoms with Crippen LogP contribution >= 0.6 is 0 Å². The SMILES string of the molecule is CC1(C(=O)c2ccccc2)C=CC=CC1. The fraction of sp³-hybridized carbons (Fsp3) is 0.214. The van der Waals surface area contributed by atoms with Gasteiger partial charge in [0.1, 0.15) is 0 Å². The normalized spacial score (nSPS) is 24.1. The Labute approximate surface area is 90.1 Å². The lowest BCUT2D eigenvalue weighted by Crippen LogP contribution is -2.26. The molecular formula is C14H14O. The Hall–Kier alpha value is -1.63. The van der Waals surface area contributed by atoms with Crippen molar-refractivity contribution in [2.24, 2.45) is 5.41 Å². The monoisotopic (exact) mass is 198 g/mol. The van der Waals surface area contributed by atoms with Crippen molar-refractivity contribution < 1.29 is 4.79 Å². The van der Waals surface area contributed by atoms with E-state index < -0.39 is 0 Å². The van der Waals surface area contributed by atoms with Crippen LogP contribution < -0.4 is 0 Å². The van der Waals surface area contributed by atoms with Crippen molar-refractivity contribution in [3.63, 3.8) is 0 Å². The molecule has 1 atom stereocenters. The quantitative estimate of drug-likeness (QED) is 0.666. The molecule has 0 spiro atoms. The standard InChI is InChI=1S/C14H14O/c1-14(10-6-3-7-11-14)13(15)12-8-4-2-5-9-12/h2-10H,11H2,1H3. The molecule has 2 rings (SSSR count). The van der Waals surface area contributed by atoms with Crippen molar-refractivity contribution in [1.82, 2.24) is 0 Å². The van der Waals surface area contributed by atoms with E-state index in [2.05, 4.69) is 0 Å². The van der Waals surface area contributed by atoms with Crippen molar-refractivity contribution in [3.05, 3.63) is 60.2 Å². The molecule has 0 bridgehead atoms. The van der Waals surface area contributed by atoms with E-state index >= 15 is 0 Å². The molecule has 0 aromatic heterocycles. The first-order valence-electron chi connectivity index (χ1n) is 5.17. The molecular weight excluding hydrogens is 184 g/mol. The van der Waals surface area contributed by atoms with Gasteiger partial charge in [0.2, 0.25) is 0 Å². The molecule has 0 heterocycles. The average molecular weight is 198 g/mol. The number of carbonyl (C=O) groups is 1. The van der Waals surface area contributed by atoms with Crippen LogP contribution in [0.4, 0.5) is 0 Å². The van der Waals surface area contributed by atoms with Crippen LogP contribution in [0.25, 0.3) is 0 Å². The molecule has 1 aromatic rings. The van der Waals surface area contributed by atoms with Crippen LogP contribution in [-0.2, 0) is 0 Å². The molecule has 0 amide bonds. The molecule has 1 aliphatic rings. The Morgan fingerprint density at radius 3 is 2.53 bits per heavy atom. The topological polar surface area (TPSA) is 17.1 Å². The molecule has 1 heteroatoms. The van der Waals surface area contributed by atoms with Gasteiger partial charge in [-0.15, -0.1) is 0 Å². The second kappa shape index (κ2) is 3.85. The van der Waals surface area contributed by atoms with E-state index in [-0.39, 0.29) is 11.2 Å². The van der Waals surface area contributed by atoms with Crippen molar-refractivity contribution in [2.75, 3.05) is 0 Å². The number of rotatable bonds is 2. The third-order valence-corrected chi connectivity index (χ3v) is 2.81. The van der Waals surface area contributed by atoms with Gasteiger partial charge in [0.05, 0.1) is 5.41 Å². The summed E-state index contributed by atoms with van der Waals surface area (Å²) in [4.78, 5) is 12.2. The number of benzene rings is 1. The molecule has 0 radical (unpaired) electrons. The number of hydrogen-bond donors (Lipinski definition) is 0. The summed E-state index contributed by atoms with van der Waals surface area (Å²) in [6.45, 7) is 1.99. The average Bonchev–Trinajstić information content (AvgIpc) is 2.30. The molecule has 0 saturated carbocycles. The van der Waals surface area contributed by atoms with Crippen molar-refractivity contribution in [1.29, 1.82) is 0 Å². The molecule has 76 valence electrons. The number of allylic oxidation sites excluding steroid dienone is 4. The molecule has 0 aliphatic heterocycles. The zero-order chi connectivity index (χ0) is 10.7. The fourth-order valence-electron chi connectivity index (χ4n) is 1.82. The zero-order valence-electron chi connectivity index (χ0n) is 8.81. The largest absolute Gasteiger partial charge is 0.293 e. The second-order valence-corrected chi connectivity index (χ2v) is 4.10. The molecule has 0 N–H and O–H groups in total. The third-order valence-electron chi connectivity index (χ3n) is 2.81. The summed E-state index contributed by atoms with van der Waals surface area (Å²) in [6, 6.07) is 9.48. The van der Waals surface area contributed by atoms with E-state index in [9.17, 15) is 4.79 Å². The number of Topliss-reactive ketones (excluding diaryl/α,β-unsaturated/α-hetero) is 1. The lowest BCUT2D eigenvalue weighted by Gasteiger charge is -2.24. The van der Waals surface area contributed by atoms with Gasteiger partial charge in [-0.3, -0.25) is 4.79 Å². The summed E-state index contributed by atoms with van der Waals surface area (Å²) in [6.07, 6.45) is 8.75. The molecule has 1 aromatic carbocycles. The van der Waals surface area contributed by atoms with E-state index in [1.54, 1.807) is 0 Å². The summed E-state index contributed by atoms with van der Waals surface area (Å²) < 4.78 is 0. The molecule has 0 saturated heterocycles. The number of ketones is 1. The summed E-state index contributed by atoms with van der Waals surface area (Å²) in [5, 5.41) is 0. The van der Waals surface area contributed by atoms with Gasteiger partial charge in [-0.1, -0.05) is 54.6 Å². The van der Waals surface area contributed by atoms with E-state index in [4.69, 9.17) is 0 Å². The smallest absolute Gasteiger partial charge is 0.172 e. The summed E-state index contributed by atoms with van der Waals surface area (Å²) in [7, 11) is 0. The van der Waals surface area contributed by atoms with Gasteiger partial charge in [-0.25, -0.2) is 0 Å². The second-order valence-electron chi connectivity index (χ2n) is 4.10. The highest BCUT2D eigenvalue weighted by molar-refractivity contribution is 6.01. The van der Waals surface area contributed by atoms with Crippen LogP contribution in [0.2, 0.25) is 0 Å². The van der Waals surface area contributed by atoms with Crippen molar-refractivity contribution in [2.45, 2.75) is 13.3 Å². The van der Waals surface area contributed by atoms with Gasteiger partial charge in [-0.2, -0.15) is 0 Å². The van der Waals surface area contributed by atoms with Crippen LogP contribution in [-0.4, -0.2) is 5.78 Å². The molecule has 1 nitrogen and oxygen atoms in total. The first kappa shape index (κ1) is 9.91. The highest BCUT2D eigenvalue weighted by Gasteiger charge is 2.30. The Morgan fingerprint density at radius 2 is 1.93 bits per heavy atom. The highest BCUT2D eigenvalue weighted by atomic mass is 16.1. The molecule has 1 aliphatic carbocycles. The van der Waals surface area contributed by atoms with Crippen LogP contribution in [0, 0.1) is 5.41 Å².